The lowest BCUT2D eigenvalue weighted by atomic mass is 10.1. The number of carbonyl (C=O) groups is 1. The predicted molar refractivity (Wildman–Crippen MR) is 136 cm³/mol. The third kappa shape index (κ3) is 5.64. The fraction of sp³-hybridized carbons (Fsp3) is 0.200. The van der Waals surface area contributed by atoms with E-state index in [1.54, 1.807) is 30.3 Å². The van der Waals surface area contributed by atoms with Gasteiger partial charge in [0.15, 0.2) is 0 Å². The van der Waals surface area contributed by atoms with Crippen LogP contribution in [0.25, 0.3) is 11.0 Å². The smallest absolute Gasteiger partial charge is 0.255 e. The Bertz CT molecular complexity index is 1250. The van der Waals surface area contributed by atoms with Crippen LogP contribution in [-0.4, -0.2) is 59.4 Å². The molecule has 0 aliphatic rings. The molecular formula is C25H28N6O3. The zero-order valence-corrected chi connectivity index (χ0v) is 19.0. The van der Waals surface area contributed by atoms with Gasteiger partial charge in [-0.3, -0.25) is 4.79 Å². The highest BCUT2D eigenvalue weighted by molar-refractivity contribution is 6.05. The van der Waals surface area contributed by atoms with Crippen LogP contribution in [0.5, 0.6) is 0 Å². The van der Waals surface area contributed by atoms with Crippen molar-refractivity contribution in [2.45, 2.75) is 6.10 Å². The van der Waals surface area contributed by atoms with E-state index < -0.39 is 6.10 Å². The zero-order chi connectivity index (χ0) is 24.1. The number of aromatic nitrogens is 2. The first-order valence-corrected chi connectivity index (χ1v) is 10.9. The molecule has 1 atom stereocenters. The molecule has 1 heterocycles. The van der Waals surface area contributed by atoms with Crippen LogP contribution in [-0.2, 0) is 0 Å². The summed E-state index contributed by atoms with van der Waals surface area (Å²) in [5, 5.41) is 27.5. The summed E-state index contributed by atoms with van der Waals surface area (Å²) in [4.78, 5) is 22.2. The van der Waals surface area contributed by atoms with Crippen molar-refractivity contribution in [3.63, 3.8) is 0 Å². The van der Waals surface area contributed by atoms with E-state index in [0.29, 0.717) is 22.7 Å². The van der Waals surface area contributed by atoms with E-state index in [0.717, 1.165) is 22.6 Å². The summed E-state index contributed by atoms with van der Waals surface area (Å²) in [7, 11) is 4.00. The number of H-pyrrole nitrogens is 1. The number of hydrogen-bond donors (Lipinski definition) is 6. The Balaban J connectivity index is 1.38. The van der Waals surface area contributed by atoms with Crippen molar-refractivity contribution in [1.29, 1.82) is 0 Å². The van der Waals surface area contributed by atoms with Gasteiger partial charge in [0.2, 0.25) is 5.95 Å². The summed E-state index contributed by atoms with van der Waals surface area (Å²) in [5.41, 5.74) is 5.60. The Morgan fingerprint density at radius 2 is 1.65 bits per heavy atom. The van der Waals surface area contributed by atoms with Gasteiger partial charge < -0.3 is 36.0 Å². The van der Waals surface area contributed by atoms with E-state index in [1.807, 2.05) is 55.4 Å². The van der Waals surface area contributed by atoms with Crippen LogP contribution in [0.15, 0.2) is 66.7 Å². The first-order valence-electron chi connectivity index (χ1n) is 10.9. The molecule has 1 amide bonds. The second-order valence-electron chi connectivity index (χ2n) is 8.13. The molecule has 176 valence electrons. The molecule has 0 bridgehead atoms. The zero-order valence-electron chi connectivity index (χ0n) is 19.0. The molecule has 3 aromatic carbocycles. The molecule has 9 nitrogen and oxygen atoms in total. The number of imidazole rings is 1. The van der Waals surface area contributed by atoms with Gasteiger partial charge >= 0.3 is 0 Å². The highest BCUT2D eigenvalue weighted by atomic mass is 16.3. The molecule has 0 radical (unpaired) electrons. The normalized spacial score (nSPS) is 11.8. The summed E-state index contributed by atoms with van der Waals surface area (Å²) in [5.74, 6) is 0.260. The Kier molecular flexibility index (Phi) is 6.95. The van der Waals surface area contributed by atoms with Crippen LogP contribution in [0.3, 0.4) is 0 Å². The maximum absolute atomic E-state index is 12.7. The lowest BCUT2D eigenvalue weighted by molar-refractivity contribution is 0.102. The number of fused-ring (bicyclic) bond motifs is 1. The third-order valence-electron chi connectivity index (χ3n) is 5.28. The van der Waals surface area contributed by atoms with Gasteiger partial charge in [0.25, 0.3) is 5.91 Å². The standard InChI is InChI=1S/C25H28N6O3/c1-31(2)20-10-7-18(8-11-20)27-17-5-3-16(4-6-17)24(34)28-19-9-12-22-23(13-19)30-25(29-22)26-14-21(33)15-32/h3-13,21,27,32-33H,14-15H2,1-2H3,(H,28,34)(H2,26,29,30). The molecular weight excluding hydrogens is 432 g/mol. The Morgan fingerprint density at radius 3 is 2.29 bits per heavy atom. The summed E-state index contributed by atoms with van der Waals surface area (Å²) in [6, 6.07) is 20.7. The first-order chi connectivity index (χ1) is 16.4. The average molecular weight is 461 g/mol. The lowest BCUT2D eigenvalue weighted by Crippen LogP contribution is -2.23. The summed E-state index contributed by atoms with van der Waals surface area (Å²) in [6.07, 6.45) is -0.867. The van der Waals surface area contributed by atoms with Gasteiger partial charge in [-0.05, 0) is 66.7 Å². The predicted octanol–water partition coefficient (Wildman–Crippen LogP) is 3.39. The van der Waals surface area contributed by atoms with Crippen LogP contribution in [0, 0.1) is 0 Å². The van der Waals surface area contributed by atoms with Gasteiger partial charge in [0, 0.05) is 49.0 Å². The fourth-order valence-corrected chi connectivity index (χ4v) is 3.37. The molecule has 0 saturated heterocycles. The maximum Gasteiger partial charge on any atom is 0.255 e. The van der Waals surface area contributed by atoms with Gasteiger partial charge in [-0.1, -0.05) is 0 Å². The van der Waals surface area contributed by atoms with Crippen molar-refractivity contribution in [3.8, 4) is 0 Å². The molecule has 0 spiro atoms. The number of aliphatic hydroxyl groups is 2. The van der Waals surface area contributed by atoms with Crippen molar-refractivity contribution in [2.75, 3.05) is 48.1 Å². The van der Waals surface area contributed by atoms with E-state index in [9.17, 15) is 9.90 Å². The van der Waals surface area contributed by atoms with Gasteiger partial charge in [-0.15, -0.1) is 0 Å². The first kappa shape index (κ1) is 23.1. The van der Waals surface area contributed by atoms with Crippen LogP contribution in [0.2, 0.25) is 0 Å². The van der Waals surface area contributed by atoms with E-state index in [2.05, 4.69) is 25.9 Å². The van der Waals surface area contributed by atoms with Gasteiger partial charge in [0.1, 0.15) is 0 Å². The number of nitrogens with zero attached hydrogens (tertiary/aromatic N) is 2. The second kappa shape index (κ2) is 10.2. The van der Waals surface area contributed by atoms with Crippen molar-refractivity contribution in [2.24, 2.45) is 0 Å². The number of benzene rings is 3. The number of aliphatic hydroxyl groups excluding tert-OH is 2. The Hall–Kier alpha value is -4.08. The third-order valence-corrected chi connectivity index (χ3v) is 5.28. The average Bonchev–Trinajstić information content (AvgIpc) is 3.25. The molecule has 9 heteroatoms. The summed E-state index contributed by atoms with van der Waals surface area (Å²) >= 11 is 0. The number of nitrogens with one attached hydrogen (secondary N) is 4. The van der Waals surface area contributed by atoms with Crippen molar-refractivity contribution in [3.05, 3.63) is 72.3 Å². The number of anilines is 5. The highest BCUT2D eigenvalue weighted by Crippen LogP contribution is 2.22. The lowest BCUT2D eigenvalue weighted by Gasteiger charge is -2.13. The minimum Gasteiger partial charge on any atom is -0.394 e. The maximum atomic E-state index is 12.7. The second-order valence-corrected chi connectivity index (χ2v) is 8.13. The monoisotopic (exact) mass is 460 g/mol. The van der Waals surface area contributed by atoms with Crippen molar-refractivity contribution < 1.29 is 15.0 Å². The molecule has 6 N–H and O–H groups in total. The van der Waals surface area contributed by atoms with E-state index >= 15 is 0 Å². The fourth-order valence-electron chi connectivity index (χ4n) is 3.37. The topological polar surface area (TPSA) is 126 Å². The number of hydrogen-bond acceptors (Lipinski definition) is 7. The Labute approximate surface area is 197 Å². The van der Waals surface area contributed by atoms with Crippen LogP contribution in [0.4, 0.5) is 28.7 Å². The quantitative estimate of drug-likeness (QED) is 0.226. The largest absolute Gasteiger partial charge is 0.394 e. The minimum atomic E-state index is -0.867. The van der Waals surface area contributed by atoms with Crippen LogP contribution in [0.1, 0.15) is 10.4 Å². The molecule has 34 heavy (non-hydrogen) atoms. The Morgan fingerprint density at radius 1 is 1.00 bits per heavy atom. The van der Waals surface area contributed by atoms with E-state index in [-0.39, 0.29) is 19.1 Å². The minimum absolute atomic E-state index is 0.173. The molecule has 0 fully saturated rings. The van der Waals surface area contributed by atoms with Gasteiger partial charge in [-0.2, -0.15) is 0 Å². The molecule has 1 aromatic heterocycles. The van der Waals surface area contributed by atoms with Crippen LogP contribution < -0.4 is 20.9 Å². The van der Waals surface area contributed by atoms with Gasteiger partial charge in [0.05, 0.1) is 23.7 Å². The molecule has 0 aliphatic carbocycles. The number of aromatic amines is 1. The molecule has 4 rings (SSSR count). The van der Waals surface area contributed by atoms with Gasteiger partial charge in [-0.25, -0.2) is 4.98 Å². The molecule has 0 saturated carbocycles. The van der Waals surface area contributed by atoms with Crippen molar-refractivity contribution >= 4 is 45.6 Å². The van der Waals surface area contributed by atoms with Crippen molar-refractivity contribution in [1.82, 2.24) is 9.97 Å². The van der Waals surface area contributed by atoms with Crippen LogP contribution >= 0.6 is 0 Å². The molecule has 0 aliphatic heterocycles. The molecule has 1 unspecified atom stereocenters. The molecule has 4 aromatic rings. The summed E-state index contributed by atoms with van der Waals surface area (Å²) < 4.78 is 0. The van der Waals surface area contributed by atoms with E-state index in [1.165, 1.54) is 0 Å². The van der Waals surface area contributed by atoms with E-state index in [4.69, 9.17) is 5.11 Å². The highest BCUT2D eigenvalue weighted by Gasteiger charge is 2.10. The number of amides is 1. The number of rotatable bonds is 9. The number of carbonyl (C=O) groups excluding carboxylic acids is 1. The summed E-state index contributed by atoms with van der Waals surface area (Å²) in [6.45, 7) is -0.156. The SMILES string of the molecule is CN(C)c1ccc(Nc2ccc(C(=O)Nc3ccc4nc(NCC(O)CO)[nH]c4c3)cc2)cc1.